The maximum absolute atomic E-state index is 6.49. The summed E-state index contributed by atoms with van der Waals surface area (Å²) in [6.45, 7) is 30.1. The monoisotopic (exact) mass is 1730 g/mol. The average Bonchev–Trinajstić information content (AvgIpc) is 1.61. The summed E-state index contributed by atoms with van der Waals surface area (Å²) in [4.78, 5) is 48.5. The zero-order valence-electron chi connectivity index (χ0n) is 71.8. The van der Waals surface area contributed by atoms with Crippen LogP contribution in [0.3, 0.4) is 0 Å². The summed E-state index contributed by atoms with van der Waals surface area (Å²) in [6, 6.07) is 23.4. The Kier molecular flexibility index (Phi) is 42.5. The van der Waals surface area contributed by atoms with Gasteiger partial charge in [-0.3, -0.25) is 19.6 Å². The Morgan fingerprint density at radius 3 is 0.669 bits per heavy atom. The molecule has 7 aromatic rings. The zero-order valence-corrected chi connectivity index (χ0v) is 71.8. The van der Waals surface area contributed by atoms with Crippen molar-refractivity contribution in [2.45, 2.75) is 0 Å². The molecule has 3 aromatic heterocycles. The molecule has 0 radical (unpaired) electrons. The highest BCUT2D eigenvalue weighted by atomic mass is 16.6. The van der Waals surface area contributed by atoms with Gasteiger partial charge in [-0.1, -0.05) is 0 Å². The number of aromatic amines is 2. The number of aromatic nitrogens is 8. The minimum atomic E-state index is 0.281. The molecule has 4 aromatic carbocycles. The van der Waals surface area contributed by atoms with Crippen molar-refractivity contribution >= 4 is 44.1 Å². The van der Waals surface area contributed by atoms with Crippen molar-refractivity contribution < 1.29 is 114 Å². The van der Waals surface area contributed by atoms with Gasteiger partial charge in [-0.25, -0.2) is 29.9 Å². The van der Waals surface area contributed by atoms with Crippen LogP contribution in [0, 0.1) is 0 Å². The van der Waals surface area contributed by atoms with Crippen LogP contribution >= 0.6 is 0 Å². The first-order chi connectivity index (χ1) is 61.6. The number of nitrogens with zero attached hydrogens (tertiary/aromatic N) is 10. The summed E-state index contributed by atoms with van der Waals surface area (Å²) in [5.41, 5.74) is 4.73. The minimum absolute atomic E-state index is 0.281. The molecule has 0 amide bonds. The molecule has 4 fully saturated rings. The Balaban J connectivity index is 0.772. The van der Waals surface area contributed by atoms with Crippen molar-refractivity contribution in [2.24, 2.45) is 0 Å². The molecule has 0 saturated carbocycles. The van der Waals surface area contributed by atoms with Crippen LogP contribution < -0.4 is 18.9 Å². The van der Waals surface area contributed by atoms with E-state index in [0.717, 1.165) is 85.0 Å². The summed E-state index contributed by atoms with van der Waals surface area (Å²) < 4.78 is 143. The molecule has 682 valence electrons. The third-order valence-corrected chi connectivity index (χ3v) is 20.8. The lowest BCUT2D eigenvalue weighted by molar-refractivity contribution is 0.00206. The molecule has 6 aliphatic heterocycles. The van der Waals surface area contributed by atoms with Crippen molar-refractivity contribution in [2.75, 3.05) is 369 Å². The molecule has 36 heteroatoms. The number of benzene rings is 4. The van der Waals surface area contributed by atoms with Crippen LogP contribution in [-0.2, 0) is 94.7 Å². The third-order valence-electron chi connectivity index (χ3n) is 20.8. The van der Waals surface area contributed by atoms with Gasteiger partial charge in [-0.05, 0) is 72.8 Å². The van der Waals surface area contributed by atoms with E-state index in [4.69, 9.17) is 144 Å². The standard InChI is InChI=1S/C88H126N12O24/c1-5-73-77(65-69(1)121-61-57-109-29-17-97-9-21-101-33-41-113-49-50-114-42-34-102-22-10-97)85-89-81(73)93-86-78-66-70(122-62-58-110-30-18-98-11-23-103-35-43-115-51-52-116-44-36-104-24-12-98)2-6-74(78)83(90-86)95-88-80-68-72(124-64-60-112-32-20-100-15-27-107-39-47-119-55-56-120-48-40-108-28-16-100)4-8-76(80)84(92-88)96-87-79-67-71(3-7-75(79)82(91-87)94-85)123-63-59-111-31-19-99-13-25-105-37-45-117-53-54-118-46-38-106-26-14-99/h1-8,65-68H,9-64H2,(H2,89,90,91,92,93,94,95,96). The number of H-pyrrole nitrogens is 2. The van der Waals surface area contributed by atoms with Gasteiger partial charge in [0.15, 0.2) is 23.3 Å². The van der Waals surface area contributed by atoms with Crippen molar-refractivity contribution in [3.05, 3.63) is 72.8 Å². The van der Waals surface area contributed by atoms with Gasteiger partial charge in [0, 0.05) is 122 Å². The number of ether oxygens (including phenoxy) is 24. The van der Waals surface area contributed by atoms with Gasteiger partial charge in [-0.15, -0.1) is 0 Å². The van der Waals surface area contributed by atoms with Crippen molar-refractivity contribution in [3.63, 3.8) is 0 Å². The molecule has 36 nitrogen and oxygen atoms in total. The number of rotatable bonds is 28. The van der Waals surface area contributed by atoms with E-state index in [-0.39, 0.29) is 26.4 Å². The Labute approximate surface area is 724 Å². The Morgan fingerprint density at radius 1 is 0.210 bits per heavy atom. The van der Waals surface area contributed by atoms with E-state index < -0.39 is 0 Å². The van der Waals surface area contributed by atoms with Crippen molar-refractivity contribution in [3.8, 4) is 68.5 Å². The highest BCUT2D eigenvalue weighted by molar-refractivity contribution is 6.07. The summed E-state index contributed by atoms with van der Waals surface area (Å²) in [6.07, 6.45) is 0. The topological polar surface area (TPSA) is 343 Å². The molecule has 9 heterocycles. The van der Waals surface area contributed by atoms with E-state index in [1.54, 1.807) is 0 Å². The predicted octanol–water partition coefficient (Wildman–Crippen LogP) is 5.98. The van der Waals surface area contributed by atoms with E-state index >= 15 is 0 Å². The summed E-state index contributed by atoms with van der Waals surface area (Å²) >= 11 is 0. The van der Waals surface area contributed by atoms with Crippen LogP contribution in [0.2, 0.25) is 0 Å². The van der Waals surface area contributed by atoms with E-state index in [9.17, 15) is 0 Å². The van der Waals surface area contributed by atoms with Gasteiger partial charge in [0.2, 0.25) is 0 Å². The smallest absolute Gasteiger partial charge is 0.164 e. The van der Waals surface area contributed by atoms with Crippen LogP contribution in [0.15, 0.2) is 72.8 Å². The third kappa shape index (κ3) is 32.7. The van der Waals surface area contributed by atoms with Crippen LogP contribution in [0.4, 0.5) is 0 Å². The van der Waals surface area contributed by atoms with Gasteiger partial charge in [0.25, 0.3) is 0 Å². The summed E-state index contributed by atoms with van der Waals surface area (Å²) in [5.74, 6) is 3.95. The molecule has 0 atom stereocenters. The second-order valence-electron chi connectivity index (χ2n) is 29.4. The lowest BCUT2D eigenvalue weighted by Crippen LogP contribution is -2.34. The summed E-state index contributed by atoms with van der Waals surface area (Å²) in [7, 11) is 0. The van der Waals surface area contributed by atoms with Crippen molar-refractivity contribution in [1.29, 1.82) is 0 Å². The van der Waals surface area contributed by atoms with Gasteiger partial charge in [0.1, 0.15) is 72.0 Å². The molecule has 4 saturated heterocycles. The largest absolute Gasteiger partial charge is 0.491 e. The van der Waals surface area contributed by atoms with Gasteiger partial charge in [-0.2, -0.15) is 0 Å². The molecule has 8 bridgehead atoms. The number of fused-ring (bicyclic) bond motifs is 20. The fraction of sp³-hybridized carbons (Fsp3) is 0.636. The van der Waals surface area contributed by atoms with E-state index in [1.807, 2.05) is 72.8 Å². The SMILES string of the molecule is c1cc2c(cc1OCCOCCN1CCOCCOCCOCCOCC1)-c1nc-2nc2[nH]c(nc3nc(nc4[nH]c(n1)c1ccc(OCCOCCN5CCOCCOCCOCCOCC5)cc41)-c1ccc(OCCOCCN4CCOCCOCCOCCOCC4)cc1-3)c1ccc(OCCOCCN3CCOCCOCCOCCOCC3)cc21. The lowest BCUT2D eigenvalue weighted by atomic mass is 10.1. The Hall–Kier alpha value is -7.52. The number of nitrogens with one attached hydrogen (secondary N) is 2. The molecule has 13 rings (SSSR count). The minimum Gasteiger partial charge on any atom is -0.491 e. The van der Waals surface area contributed by atoms with Crippen LogP contribution in [0.25, 0.3) is 89.7 Å². The highest BCUT2D eigenvalue weighted by Crippen LogP contribution is 2.40. The van der Waals surface area contributed by atoms with Gasteiger partial charge in [0.05, 0.1) is 264 Å². The van der Waals surface area contributed by atoms with Crippen molar-refractivity contribution in [1.82, 2.24) is 59.5 Å². The molecule has 124 heavy (non-hydrogen) atoms. The highest BCUT2D eigenvalue weighted by Gasteiger charge is 2.26. The fourth-order valence-electron chi connectivity index (χ4n) is 14.1. The lowest BCUT2D eigenvalue weighted by Gasteiger charge is -2.22. The first kappa shape index (κ1) is 94.1. The molecule has 2 N–H and O–H groups in total. The Bertz CT molecular complexity index is 4030. The van der Waals surface area contributed by atoms with E-state index in [2.05, 4.69) is 29.6 Å². The fourth-order valence-corrected chi connectivity index (χ4v) is 14.1. The van der Waals surface area contributed by atoms with Crippen LogP contribution in [0.1, 0.15) is 0 Å². The van der Waals surface area contributed by atoms with Gasteiger partial charge < -0.3 is 124 Å². The first-order valence-electron chi connectivity index (χ1n) is 43.9. The average molecular weight is 1740 g/mol. The number of hydrogen-bond donors (Lipinski definition) is 2. The van der Waals surface area contributed by atoms with E-state index in [1.165, 1.54) is 0 Å². The normalized spacial score (nSPS) is 19.0. The first-order valence-corrected chi connectivity index (χ1v) is 43.9. The maximum atomic E-state index is 6.49. The van der Waals surface area contributed by atoms with E-state index in [0.29, 0.717) is 370 Å². The summed E-state index contributed by atoms with van der Waals surface area (Å²) in [5, 5.41) is 2.93. The molecule has 6 aliphatic rings. The zero-order chi connectivity index (χ0) is 84.6. The van der Waals surface area contributed by atoms with Crippen LogP contribution in [0.5, 0.6) is 23.0 Å². The second-order valence-corrected chi connectivity index (χ2v) is 29.4. The second kappa shape index (κ2) is 55.9. The molecule has 0 unspecified atom stereocenters. The Morgan fingerprint density at radius 2 is 0.419 bits per heavy atom. The van der Waals surface area contributed by atoms with Gasteiger partial charge >= 0.3 is 0 Å². The molecule has 0 spiro atoms. The molecule has 0 aliphatic carbocycles. The maximum Gasteiger partial charge on any atom is 0.164 e. The molecular weight excluding hydrogens is 1610 g/mol. The predicted molar refractivity (Wildman–Crippen MR) is 460 cm³/mol. The van der Waals surface area contributed by atoms with Crippen LogP contribution in [-0.4, -0.2) is 429 Å². The molecular formula is C88H126N12O24. The number of hydrogen-bond acceptors (Lipinski definition) is 34. The quantitative estimate of drug-likeness (QED) is 0.0533.